The van der Waals surface area contributed by atoms with E-state index < -0.39 is 0 Å². The molecule has 1 fully saturated rings. The monoisotopic (exact) mass is 260 g/mol. The highest BCUT2D eigenvalue weighted by Crippen LogP contribution is 2.26. The summed E-state index contributed by atoms with van der Waals surface area (Å²) < 4.78 is 0. The molecule has 0 bridgehead atoms. The Morgan fingerprint density at radius 3 is 2.79 bits per heavy atom. The maximum atomic E-state index is 3.61. The minimum Gasteiger partial charge on any atom is -0.313 e. The number of aryl methyl sites for hydroxylation is 3. The topological polar surface area (TPSA) is 15.3 Å². The Labute approximate surface area is 118 Å². The van der Waals surface area contributed by atoms with E-state index in [9.17, 15) is 0 Å². The molecule has 1 heterocycles. The average Bonchev–Trinajstić information content (AvgIpc) is 2.40. The normalized spacial score (nSPS) is 24.6. The van der Waals surface area contributed by atoms with Crippen molar-refractivity contribution >= 4 is 0 Å². The van der Waals surface area contributed by atoms with Gasteiger partial charge in [0.25, 0.3) is 0 Å². The number of piperidine rings is 1. The zero-order chi connectivity index (χ0) is 13.9. The average molecular weight is 260 g/mol. The van der Waals surface area contributed by atoms with E-state index in [-0.39, 0.29) is 0 Å². The maximum Gasteiger partial charge on any atom is 0.0309 e. The number of nitrogens with zero attached hydrogens (tertiary/aromatic N) is 1. The van der Waals surface area contributed by atoms with Crippen LogP contribution in [0.25, 0.3) is 0 Å². The van der Waals surface area contributed by atoms with E-state index in [4.69, 9.17) is 0 Å². The molecule has 1 atom stereocenters. The van der Waals surface area contributed by atoms with Crippen LogP contribution in [0.15, 0.2) is 18.2 Å². The van der Waals surface area contributed by atoms with Gasteiger partial charge in [0.2, 0.25) is 0 Å². The van der Waals surface area contributed by atoms with Crippen molar-refractivity contribution in [1.29, 1.82) is 0 Å². The summed E-state index contributed by atoms with van der Waals surface area (Å²) in [5.41, 5.74) is 4.63. The van der Waals surface area contributed by atoms with Crippen molar-refractivity contribution in [2.75, 3.05) is 27.2 Å². The molecule has 2 heteroatoms. The van der Waals surface area contributed by atoms with Crippen LogP contribution in [0, 0.1) is 13.8 Å². The highest BCUT2D eigenvalue weighted by atomic mass is 15.2. The number of likely N-dealkylation sites (tertiary alicyclic amines) is 1. The van der Waals surface area contributed by atoms with Crippen LogP contribution in [0.5, 0.6) is 0 Å². The van der Waals surface area contributed by atoms with Gasteiger partial charge >= 0.3 is 0 Å². The van der Waals surface area contributed by atoms with Crippen LogP contribution >= 0.6 is 0 Å². The summed E-state index contributed by atoms with van der Waals surface area (Å²) in [7, 11) is 4.37. The first-order valence-corrected chi connectivity index (χ1v) is 7.48. The Hall–Kier alpha value is -0.860. The molecule has 0 spiro atoms. The summed E-state index contributed by atoms with van der Waals surface area (Å²) in [4.78, 5) is 2.46. The molecular weight excluding hydrogens is 232 g/mol. The minimum absolute atomic E-state index is 0.309. The zero-order valence-electron chi connectivity index (χ0n) is 12.9. The lowest BCUT2D eigenvalue weighted by Crippen LogP contribution is -2.55. The fourth-order valence-corrected chi connectivity index (χ4v) is 3.34. The molecule has 1 aromatic rings. The van der Waals surface area contributed by atoms with Gasteiger partial charge in [-0.15, -0.1) is 0 Å². The second kappa shape index (κ2) is 6.06. The summed E-state index contributed by atoms with van der Waals surface area (Å²) in [6.07, 6.45) is 5.03. The Balaban J connectivity index is 2.05. The third kappa shape index (κ3) is 3.58. The molecule has 19 heavy (non-hydrogen) atoms. The highest BCUT2D eigenvalue weighted by Gasteiger charge is 2.32. The van der Waals surface area contributed by atoms with Crippen molar-refractivity contribution in [2.45, 2.75) is 45.1 Å². The molecule has 0 aromatic heterocycles. The van der Waals surface area contributed by atoms with E-state index in [1.54, 1.807) is 0 Å². The van der Waals surface area contributed by atoms with E-state index in [1.165, 1.54) is 55.5 Å². The zero-order valence-corrected chi connectivity index (χ0v) is 12.9. The predicted octanol–water partition coefficient (Wildman–Crippen LogP) is 2.92. The molecule has 2 rings (SSSR count). The van der Waals surface area contributed by atoms with Gasteiger partial charge in [-0.2, -0.15) is 0 Å². The molecule has 2 nitrogen and oxygen atoms in total. The SMILES string of the molecule is CNC1(CCc2cc(C)ccc2C)CCCN(C)C1. The quantitative estimate of drug-likeness (QED) is 0.895. The van der Waals surface area contributed by atoms with Crippen LogP contribution < -0.4 is 5.32 Å². The molecule has 1 saturated heterocycles. The standard InChI is InChI=1S/C17H28N2/c1-14-6-7-15(2)16(12-14)8-10-17(18-3)9-5-11-19(4)13-17/h6-7,12,18H,5,8-11,13H2,1-4H3. The Morgan fingerprint density at radius 1 is 1.32 bits per heavy atom. The third-order valence-electron chi connectivity index (χ3n) is 4.68. The number of nitrogens with one attached hydrogen (secondary N) is 1. The van der Waals surface area contributed by atoms with Gasteiger partial charge in [-0.3, -0.25) is 0 Å². The van der Waals surface area contributed by atoms with E-state index in [1.807, 2.05) is 0 Å². The van der Waals surface area contributed by atoms with Gasteiger partial charge < -0.3 is 10.2 Å². The van der Waals surface area contributed by atoms with Crippen LogP contribution in [0.4, 0.5) is 0 Å². The van der Waals surface area contributed by atoms with Gasteiger partial charge in [-0.05, 0) is 71.3 Å². The Bertz CT molecular complexity index is 427. The molecule has 0 amide bonds. The van der Waals surface area contributed by atoms with Crippen molar-refractivity contribution in [2.24, 2.45) is 0 Å². The lowest BCUT2D eigenvalue weighted by molar-refractivity contribution is 0.143. The molecule has 1 unspecified atom stereocenters. The number of likely N-dealkylation sites (N-methyl/N-ethyl adjacent to an activating group) is 2. The van der Waals surface area contributed by atoms with E-state index in [0.29, 0.717) is 5.54 Å². The van der Waals surface area contributed by atoms with E-state index in [0.717, 1.165) is 0 Å². The van der Waals surface area contributed by atoms with Gasteiger partial charge in [-0.25, -0.2) is 0 Å². The molecule has 1 aliphatic heterocycles. The second-order valence-corrected chi connectivity index (χ2v) is 6.30. The van der Waals surface area contributed by atoms with E-state index in [2.05, 4.69) is 56.4 Å². The van der Waals surface area contributed by atoms with Crippen LogP contribution in [-0.4, -0.2) is 37.6 Å². The van der Waals surface area contributed by atoms with Crippen molar-refractivity contribution in [1.82, 2.24) is 10.2 Å². The summed E-state index contributed by atoms with van der Waals surface area (Å²) in [6.45, 7) is 6.83. The smallest absolute Gasteiger partial charge is 0.0309 e. The molecule has 0 radical (unpaired) electrons. The summed E-state index contributed by atoms with van der Waals surface area (Å²) in [5, 5.41) is 3.61. The summed E-state index contributed by atoms with van der Waals surface area (Å²) in [5.74, 6) is 0. The first-order valence-electron chi connectivity index (χ1n) is 7.48. The predicted molar refractivity (Wildman–Crippen MR) is 82.8 cm³/mol. The Morgan fingerprint density at radius 2 is 2.11 bits per heavy atom. The number of benzene rings is 1. The van der Waals surface area contributed by atoms with Crippen molar-refractivity contribution in [3.8, 4) is 0 Å². The molecule has 0 saturated carbocycles. The molecule has 1 N–H and O–H groups in total. The van der Waals surface area contributed by atoms with Gasteiger partial charge in [0.05, 0.1) is 0 Å². The third-order valence-corrected chi connectivity index (χ3v) is 4.68. The van der Waals surface area contributed by atoms with Crippen LogP contribution in [-0.2, 0) is 6.42 Å². The minimum atomic E-state index is 0.309. The van der Waals surface area contributed by atoms with Gasteiger partial charge in [0.15, 0.2) is 0 Å². The van der Waals surface area contributed by atoms with Gasteiger partial charge in [-0.1, -0.05) is 23.8 Å². The molecule has 0 aliphatic carbocycles. The van der Waals surface area contributed by atoms with E-state index >= 15 is 0 Å². The van der Waals surface area contributed by atoms with Crippen LogP contribution in [0.3, 0.4) is 0 Å². The van der Waals surface area contributed by atoms with Crippen molar-refractivity contribution in [3.05, 3.63) is 34.9 Å². The van der Waals surface area contributed by atoms with Crippen LogP contribution in [0.2, 0.25) is 0 Å². The number of hydrogen-bond donors (Lipinski definition) is 1. The molecule has 106 valence electrons. The number of rotatable bonds is 4. The fourth-order valence-electron chi connectivity index (χ4n) is 3.34. The van der Waals surface area contributed by atoms with Gasteiger partial charge in [0.1, 0.15) is 0 Å². The first-order chi connectivity index (χ1) is 9.04. The molecule has 1 aliphatic rings. The first kappa shape index (κ1) is 14.5. The van der Waals surface area contributed by atoms with Crippen LogP contribution in [0.1, 0.15) is 36.0 Å². The molecule has 1 aromatic carbocycles. The fraction of sp³-hybridized carbons (Fsp3) is 0.647. The van der Waals surface area contributed by atoms with Crippen molar-refractivity contribution < 1.29 is 0 Å². The Kier molecular flexibility index (Phi) is 4.64. The summed E-state index contributed by atoms with van der Waals surface area (Å²) in [6, 6.07) is 6.82. The van der Waals surface area contributed by atoms with Crippen molar-refractivity contribution in [3.63, 3.8) is 0 Å². The molecular formula is C17H28N2. The van der Waals surface area contributed by atoms with Gasteiger partial charge in [0, 0.05) is 12.1 Å². The largest absolute Gasteiger partial charge is 0.313 e. The lowest BCUT2D eigenvalue weighted by Gasteiger charge is -2.42. The second-order valence-electron chi connectivity index (χ2n) is 6.30. The number of hydrogen-bond acceptors (Lipinski definition) is 2. The summed E-state index contributed by atoms with van der Waals surface area (Å²) >= 11 is 0. The lowest BCUT2D eigenvalue weighted by atomic mass is 9.83. The maximum absolute atomic E-state index is 3.61. The highest BCUT2D eigenvalue weighted by molar-refractivity contribution is 5.30.